The van der Waals surface area contributed by atoms with Crippen molar-refractivity contribution in [2.24, 2.45) is 0 Å². The number of hydrogen-bond acceptors (Lipinski definition) is 3. The van der Waals surface area contributed by atoms with Crippen molar-refractivity contribution < 1.29 is 0 Å². The normalized spacial score (nSPS) is 15.1. The fourth-order valence-electron chi connectivity index (χ4n) is 1.98. The smallest absolute Gasteiger partial charge is 0.153 e. The Hall–Kier alpha value is -1.68. The molecule has 0 aromatic carbocycles. The molecule has 19 heavy (non-hydrogen) atoms. The Morgan fingerprint density at radius 3 is 2.74 bits per heavy atom. The van der Waals surface area contributed by atoms with E-state index in [1.165, 1.54) is 18.4 Å². The molecule has 1 saturated carbocycles. The highest BCUT2D eigenvalue weighted by Crippen LogP contribution is 2.19. The second-order valence-electron chi connectivity index (χ2n) is 5.52. The van der Waals surface area contributed by atoms with Gasteiger partial charge < -0.3 is 5.32 Å². The van der Waals surface area contributed by atoms with Crippen molar-refractivity contribution in [3.8, 4) is 5.82 Å². The summed E-state index contributed by atoms with van der Waals surface area (Å²) < 4.78 is 1.84. The maximum atomic E-state index is 4.53. The van der Waals surface area contributed by atoms with Crippen molar-refractivity contribution in [1.29, 1.82) is 0 Å². The third kappa shape index (κ3) is 3.01. The molecule has 1 aliphatic carbocycles. The van der Waals surface area contributed by atoms with Crippen LogP contribution in [0.2, 0.25) is 0 Å². The summed E-state index contributed by atoms with van der Waals surface area (Å²) >= 11 is 0. The van der Waals surface area contributed by atoms with Crippen molar-refractivity contribution in [2.45, 2.75) is 45.2 Å². The topological polar surface area (TPSA) is 42.7 Å². The largest absolute Gasteiger partial charge is 0.310 e. The summed E-state index contributed by atoms with van der Waals surface area (Å²) in [4.78, 5) is 4.48. The van der Waals surface area contributed by atoms with Crippen LogP contribution in [0.1, 0.15) is 43.9 Å². The number of aromatic nitrogens is 3. The molecule has 1 N–H and O–H groups in total. The van der Waals surface area contributed by atoms with E-state index in [1.807, 2.05) is 23.1 Å². The minimum Gasteiger partial charge on any atom is -0.310 e. The molecule has 2 heterocycles. The minimum absolute atomic E-state index is 0.447. The summed E-state index contributed by atoms with van der Waals surface area (Å²) in [6.07, 6.45) is 6.54. The van der Waals surface area contributed by atoms with Gasteiger partial charge in [0.1, 0.15) is 0 Å². The van der Waals surface area contributed by atoms with E-state index in [1.54, 1.807) is 0 Å². The Morgan fingerprint density at radius 2 is 2.16 bits per heavy atom. The monoisotopic (exact) mass is 256 g/mol. The van der Waals surface area contributed by atoms with E-state index < -0.39 is 0 Å². The zero-order chi connectivity index (χ0) is 13.2. The van der Waals surface area contributed by atoms with Gasteiger partial charge in [-0.15, -0.1) is 0 Å². The van der Waals surface area contributed by atoms with Gasteiger partial charge >= 0.3 is 0 Å². The molecule has 4 nitrogen and oxygen atoms in total. The van der Waals surface area contributed by atoms with Gasteiger partial charge in [-0.3, -0.25) is 0 Å². The predicted molar refractivity (Wildman–Crippen MR) is 75.3 cm³/mol. The third-order valence-electron chi connectivity index (χ3n) is 3.42. The molecule has 2 aromatic heterocycles. The van der Waals surface area contributed by atoms with E-state index in [4.69, 9.17) is 0 Å². The van der Waals surface area contributed by atoms with Crippen LogP contribution < -0.4 is 5.32 Å². The Kier molecular flexibility index (Phi) is 3.34. The zero-order valence-corrected chi connectivity index (χ0v) is 11.5. The molecule has 0 unspecified atom stereocenters. The first-order valence-electron chi connectivity index (χ1n) is 6.96. The first-order valence-corrected chi connectivity index (χ1v) is 6.96. The van der Waals surface area contributed by atoms with Gasteiger partial charge in [-0.25, -0.2) is 9.67 Å². The highest BCUT2D eigenvalue weighted by Gasteiger charge is 2.19. The Labute approximate surface area is 113 Å². The van der Waals surface area contributed by atoms with Crippen molar-refractivity contribution in [2.75, 3.05) is 0 Å². The van der Waals surface area contributed by atoms with Gasteiger partial charge in [0.15, 0.2) is 5.82 Å². The van der Waals surface area contributed by atoms with Crippen LogP contribution in [0.15, 0.2) is 30.6 Å². The third-order valence-corrected chi connectivity index (χ3v) is 3.42. The minimum atomic E-state index is 0.447. The summed E-state index contributed by atoms with van der Waals surface area (Å²) in [5.41, 5.74) is 2.33. The summed E-state index contributed by atoms with van der Waals surface area (Å²) in [7, 11) is 0. The lowest BCUT2D eigenvalue weighted by atomic mass is 10.1. The van der Waals surface area contributed by atoms with E-state index in [9.17, 15) is 0 Å². The summed E-state index contributed by atoms with van der Waals surface area (Å²) in [6.45, 7) is 5.20. The lowest BCUT2D eigenvalue weighted by Gasteiger charge is -2.05. The predicted octanol–water partition coefficient (Wildman–Crippen LogP) is 2.64. The molecule has 100 valence electrons. The number of rotatable bonds is 5. The average molecular weight is 256 g/mol. The van der Waals surface area contributed by atoms with Crippen LogP contribution >= 0.6 is 0 Å². The van der Waals surface area contributed by atoms with E-state index in [0.717, 1.165) is 24.1 Å². The molecule has 0 atom stereocenters. The van der Waals surface area contributed by atoms with Gasteiger partial charge in [-0.05, 0) is 36.5 Å². The maximum Gasteiger partial charge on any atom is 0.153 e. The van der Waals surface area contributed by atoms with Gasteiger partial charge in [0.05, 0.1) is 5.69 Å². The van der Waals surface area contributed by atoms with Crippen LogP contribution in [0.25, 0.3) is 5.82 Å². The molecule has 0 radical (unpaired) electrons. The first-order chi connectivity index (χ1) is 9.22. The van der Waals surface area contributed by atoms with Crippen LogP contribution in [0.5, 0.6) is 0 Å². The summed E-state index contributed by atoms with van der Waals surface area (Å²) in [5.74, 6) is 1.32. The maximum absolute atomic E-state index is 4.53. The van der Waals surface area contributed by atoms with Crippen molar-refractivity contribution in [3.05, 3.63) is 41.9 Å². The molecule has 0 spiro atoms. The van der Waals surface area contributed by atoms with Crippen molar-refractivity contribution in [3.63, 3.8) is 0 Å². The number of nitrogens with one attached hydrogen (secondary N) is 1. The van der Waals surface area contributed by atoms with Gasteiger partial charge in [0.2, 0.25) is 0 Å². The van der Waals surface area contributed by atoms with Crippen LogP contribution in [-0.4, -0.2) is 20.8 Å². The van der Waals surface area contributed by atoms with Crippen LogP contribution in [0.3, 0.4) is 0 Å². The molecule has 2 aromatic rings. The van der Waals surface area contributed by atoms with Gasteiger partial charge in [0.25, 0.3) is 0 Å². The van der Waals surface area contributed by atoms with Gasteiger partial charge in [0, 0.05) is 25.0 Å². The fourth-order valence-corrected chi connectivity index (χ4v) is 1.98. The summed E-state index contributed by atoms with van der Waals surface area (Å²) in [6, 6.07) is 6.93. The first kappa shape index (κ1) is 12.4. The van der Waals surface area contributed by atoms with Crippen LogP contribution in [-0.2, 0) is 6.54 Å². The molecule has 1 fully saturated rings. The van der Waals surface area contributed by atoms with E-state index in [-0.39, 0.29) is 0 Å². The second kappa shape index (κ2) is 5.13. The SMILES string of the molecule is CC(C)c1ccn(-c2ccc(CNC3CC3)cn2)n1. The molecule has 0 bridgehead atoms. The standard InChI is InChI=1S/C15H20N4/c1-11(2)14-7-8-19(18-14)15-6-3-12(10-17-15)9-16-13-4-5-13/h3,6-8,10-11,13,16H,4-5,9H2,1-2H3. The Bertz CT molecular complexity index is 538. The average Bonchev–Trinajstić information content (AvgIpc) is 3.11. The van der Waals surface area contributed by atoms with Gasteiger partial charge in [-0.1, -0.05) is 19.9 Å². The molecule has 0 aliphatic heterocycles. The Morgan fingerprint density at radius 1 is 1.32 bits per heavy atom. The Balaban J connectivity index is 1.69. The second-order valence-corrected chi connectivity index (χ2v) is 5.52. The lowest BCUT2D eigenvalue weighted by Crippen LogP contribution is -2.15. The lowest BCUT2D eigenvalue weighted by molar-refractivity contribution is 0.684. The fraction of sp³-hybridized carbons (Fsp3) is 0.467. The molecule has 1 aliphatic rings. The van der Waals surface area contributed by atoms with Gasteiger partial charge in [-0.2, -0.15) is 5.10 Å². The molecule has 3 rings (SSSR count). The molecular weight excluding hydrogens is 236 g/mol. The number of nitrogens with zero attached hydrogens (tertiary/aromatic N) is 3. The molecule has 0 saturated heterocycles. The van der Waals surface area contributed by atoms with Crippen molar-refractivity contribution >= 4 is 0 Å². The van der Waals surface area contributed by atoms with E-state index in [0.29, 0.717) is 5.92 Å². The molecule has 0 amide bonds. The van der Waals surface area contributed by atoms with Crippen LogP contribution in [0.4, 0.5) is 0 Å². The quantitative estimate of drug-likeness (QED) is 0.894. The van der Waals surface area contributed by atoms with Crippen LogP contribution in [0, 0.1) is 0 Å². The molecular formula is C15H20N4. The number of pyridine rings is 1. The number of hydrogen-bond donors (Lipinski definition) is 1. The highest BCUT2D eigenvalue weighted by atomic mass is 15.3. The summed E-state index contributed by atoms with van der Waals surface area (Å²) in [5, 5.41) is 8.02. The van der Waals surface area contributed by atoms with E-state index >= 15 is 0 Å². The van der Waals surface area contributed by atoms with E-state index in [2.05, 4.69) is 41.4 Å². The highest BCUT2D eigenvalue weighted by molar-refractivity contribution is 5.25. The van der Waals surface area contributed by atoms with Crippen molar-refractivity contribution in [1.82, 2.24) is 20.1 Å². The molecule has 4 heteroatoms. The zero-order valence-electron chi connectivity index (χ0n) is 11.5.